The standard InChI is InChI=1S/C20H16N2O3/c1-11-8-14(12(2)23)18-15(9-11)20(24)22(3)19(21-18)17-10-13-6-4-5-7-16(13)25-17/h4-10H,1-3H3. The number of ketones is 1. The third-order valence-corrected chi connectivity index (χ3v) is 4.35. The molecule has 2 heterocycles. The van der Waals surface area contributed by atoms with Gasteiger partial charge < -0.3 is 4.42 Å². The van der Waals surface area contributed by atoms with Crippen molar-refractivity contribution >= 4 is 27.7 Å². The number of aromatic nitrogens is 2. The molecule has 5 heteroatoms. The molecule has 0 aliphatic rings. The number of para-hydroxylation sites is 1. The summed E-state index contributed by atoms with van der Waals surface area (Å²) in [6.07, 6.45) is 0. The quantitative estimate of drug-likeness (QED) is 0.523. The minimum absolute atomic E-state index is 0.120. The van der Waals surface area contributed by atoms with Crippen LogP contribution < -0.4 is 5.56 Å². The second-order valence-electron chi connectivity index (χ2n) is 6.21. The van der Waals surface area contributed by atoms with Gasteiger partial charge in [-0.15, -0.1) is 0 Å². The van der Waals surface area contributed by atoms with E-state index in [1.807, 2.05) is 37.3 Å². The normalized spacial score (nSPS) is 11.3. The Morgan fingerprint density at radius 3 is 2.64 bits per heavy atom. The maximum Gasteiger partial charge on any atom is 0.261 e. The Hall–Kier alpha value is -3.21. The lowest BCUT2D eigenvalue weighted by molar-refractivity contribution is 0.101. The van der Waals surface area contributed by atoms with Gasteiger partial charge in [0.15, 0.2) is 17.4 Å². The Morgan fingerprint density at radius 2 is 1.92 bits per heavy atom. The van der Waals surface area contributed by atoms with Gasteiger partial charge in [0.05, 0.1) is 10.9 Å². The van der Waals surface area contributed by atoms with Crippen LogP contribution >= 0.6 is 0 Å². The molecule has 0 bridgehead atoms. The van der Waals surface area contributed by atoms with Crippen LogP contribution in [0.25, 0.3) is 33.5 Å². The van der Waals surface area contributed by atoms with Crippen molar-refractivity contribution in [2.75, 3.05) is 0 Å². The summed E-state index contributed by atoms with van der Waals surface area (Å²) in [5.41, 5.74) is 2.24. The van der Waals surface area contributed by atoms with Crippen molar-refractivity contribution < 1.29 is 9.21 Å². The van der Waals surface area contributed by atoms with E-state index < -0.39 is 0 Å². The molecule has 2 aromatic heterocycles. The van der Waals surface area contributed by atoms with E-state index in [1.165, 1.54) is 11.5 Å². The molecule has 0 aliphatic carbocycles. The first kappa shape index (κ1) is 15.3. The lowest BCUT2D eigenvalue weighted by Crippen LogP contribution is -2.21. The zero-order valence-corrected chi connectivity index (χ0v) is 14.2. The maximum absolute atomic E-state index is 12.8. The van der Waals surface area contributed by atoms with Crippen molar-refractivity contribution in [3.05, 3.63) is 63.9 Å². The molecule has 2 aromatic carbocycles. The second-order valence-corrected chi connectivity index (χ2v) is 6.21. The first-order chi connectivity index (χ1) is 12.0. The van der Waals surface area contributed by atoms with Crippen LogP contribution in [-0.2, 0) is 7.05 Å². The highest BCUT2D eigenvalue weighted by molar-refractivity contribution is 6.06. The summed E-state index contributed by atoms with van der Waals surface area (Å²) < 4.78 is 7.32. The highest BCUT2D eigenvalue weighted by Gasteiger charge is 2.18. The molecule has 0 saturated heterocycles. The first-order valence-corrected chi connectivity index (χ1v) is 7.97. The minimum Gasteiger partial charge on any atom is -0.453 e. The van der Waals surface area contributed by atoms with Crippen molar-refractivity contribution in [3.63, 3.8) is 0 Å². The van der Waals surface area contributed by atoms with E-state index in [0.717, 1.165) is 16.5 Å². The van der Waals surface area contributed by atoms with Gasteiger partial charge in [-0.1, -0.05) is 18.2 Å². The minimum atomic E-state index is -0.202. The summed E-state index contributed by atoms with van der Waals surface area (Å²) in [5, 5.41) is 1.37. The maximum atomic E-state index is 12.8. The number of rotatable bonds is 2. The summed E-state index contributed by atoms with van der Waals surface area (Å²) in [6.45, 7) is 3.34. The lowest BCUT2D eigenvalue weighted by Gasteiger charge is -2.10. The Kier molecular flexibility index (Phi) is 3.32. The van der Waals surface area contributed by atoms with Crippen molar-refractivity contribution in [1.82, 2.24) is 9.55 Å². The average molecular weight is 332 g/mol. The van der Waals surface area contributed by atoms with E-state index in [0.29, 0.717) is 28.1 Å². The third-order valence-electron chi connectivity index (χ3n) is 4.35. The van der Waals surface area contributed by atoms with Crippen LogP contribution in [0.5, 0.6) is 0 Å². The summed E-state index contributed by atoms with van der Waals surface area (Å²) in [7, 11) is 1.66. The van der Waals surface area contributed by atoms with Gasteiger partial charge in [-0.05, 0) is 43.7 Å². The highest BCUT2D eigenvalue weighted by Crippen LogP contribution is 2.27. The van der Waals surface area contributed by atoms with Gasteiger partial charge in [-0.2, -0.15) is 0 Å². The number of carbonyl (C=O) groups excluding carboxylic acids is 1. The summed E-state index contributed by atoms with van der Waals surface area (Å²) >= 11 is 0. The molecule has 0 fully saturated rings. The SMILES string of the molecule is CC(=O)c1cc(C)cc2c(=O)n(C)c(-c3cc4ccccc4o3)nc12. The number of fused-ring (bicyclic) bond motifs is 2. The van der Waals surface area contributed by atoms with Crippen LogP contribution in [0.2, 0.25) is 0 Å². The number of carbonyl (C=O) groups is 1. The lowest BCUT2D eigenvalue weighted by atomic mass is 10.0. The van der Waals surface area contributed by atoms with Crippen LogP contribution in [0, 0.1) is 6.92 Å². The van der Waals surface area contributed by atoms with Crippen LogP contribution in [0.4, 0.5) is 0 Å². The Morgan fingerprint density at radius 1 is 1.16 bits per heavy atom. The summed E-state index contributed by atoms with van der Waals surface area (Å²) in [4.78, 5) is 29.5. The van der Waals surface area contributed by atoms with Gasteiger partial charge in [0.2, 0.25) is 0 Å². The Balaban J connectivity index is 2.09. The summed E-state index contributed by atoms with van der Waals surface area (Å²) in [5.74, 6) is 0.780. The zero-order chi connectivity index (χ0) is 17.7. The van der Waals surface area contributed by atoms with Crippen molar-refractivity contribution in [1.29, 1.82) is 0 Å². The van der Waals surface area contributed by atoms with E-state index in [4.69, 9.17) is 4.42 Å². The van der Waals surface area contributed by atoms with E-state index in [2.05, 4.69) is 4.98 Å². The molecule has 4 aromatic rings. The van der Waals surface area contributed by atoms with Crippen molar-refractivity contribution in [2.45, 2.75) is 13.8 Å². The smallest absolute Gasteiger partial charge is 0.261 e. The molecular formula is C20H16N2O3. The van der Waals surface area contributed by atoms with Gasteiger partial charge in [0.25, 0.3) is 5.56 Å². The number of nitrogens with zero attached hydrogens (tertiary/aromatic N) is 2. The number of hydrogen-bond donors (Lipinski definition) is 0. The van der Waals surface area contributed by atoms with E-state index in [-0.39, 0.29) is 11.3 Å². The second kappa shape index (κ2) is 5.41. The predicted molar refractivity (Wildman–Crippen MR) is 96.9 cm³/mol. The predicted octanol–water partition coefficient (Wildman–Crippen LogP) is 3.86. The molecule has 0 saturated carbocycles. The van der Waals surface area contributed by atoms with Gasteiger partial charge in [-0.25, -0.2) is 4.98 Å². The largest absolute Gasteiger partial charge is 0.453 e. The number of aryl methyl sites for hydroxylation is 1. The molecular weight excluding hydrogens is 316 g/mol. The van der Waals surface area contributed by atoms with Crippen LogP contribution in [0.3, 0.4) is 0 Å². The fourth-order valence-electron chi connectivity index (χ4n) is 3.10. The fraction of sp³-hybridized carbons (Fsp3) is 0.150. The zero-order valence-electron chi connectivity index (χ0n) is 14.2. The third kappa shape index (κ3) is 2.36. The molecule has 25 heavy (non-hydrogen) atoms. The fourth-order valence-corrected chi connectivity index (χ4v) is 3.10. The topological polar surface area (TPSA) is 65.1 Å². The highest BCUT2D eigenvalue weighted by atomic mass is 16.3. The Labute approximate surface area is 143 Å². The average Bonchev–Trinajstić information content (AvgIpc) is 3.01. The van der Waals surface area contributed by atoms with E-state index in [1.54, 1.807) is 19.2 Å². The molecule has 0 atom stereocenters. The van der Waals surface area contributed by atoms with Gasteiger partial charge in [0, 0.05) is 18.0 Å². The molecule has 5 nitrogen and oxygen atoms in total. The molecule has 124 valence electrons. The van der Waals surface area contributed by atoms with Crippen molar-refractivity contribution in [2.24, 2.45) is 7.05 Å². The van der Waals surface area contributed by atoms with Crippen LogP contribution in [0.15, 0.2) is 51.7 Å². The van der Waals surface area contributed by atoms with Crippen LogP contribution in [0.1, 0.15) is 22.8 Å². The Bertz CT molecular complexity index is 1180. The van der Waals surface area contributed by atoms with Crippen LogP contribution in [-0.4, -0.2) is 15.3 Å². The summed E-state index contributed by atoms with van der Waals surface area (Å²) in [6, 6.07) is 13.0. The molecule has 4 rings (SSSR count). The number of furan rings is 1. The molecule has 0 N–H and O–H groups in total. The molecule has 0 aliphatic heterocycles. The van der Waals surface area contributed by atoms with E-state index in [9.17, 15) is 9.59 Å². The number of benzene rings is 2. The molecule has 0 spiro atoms. The van der Waals surface area contributed by atoms with Gasteiger partial charge in [0.1, 0.15) is 5.58 Å². The molecule has 0 unspecified atom stereocenters. The number of Topliss-reactive ketones (excluding diaryl/α,β-unsaturated/α-hetero) is 1. The monoisotopic (exact) mass is 332 g/mol. The van der Waals surface area contributed by atoms with E-state index >= 15 is 0 Å². The first-order valence-electron chi connectivity index (χ1n) is 7.97. The number of hydrogen-bond acceptors (Lipinski definition) is 4. The molecule has 0 amide bonds. The molecule has 0 radical (unpaired) electrons. The van der Waals surface area contributed by atoms with Crippen molar-refractivity contribution in [3.8, 4) is 11.6 Å². The van der Waals surface area contributed by atoms with Gasteiger partial charge >= 0.3 is 0 Å². The van der Waals surface area contributed by atoms with Gasteiger partial charge in [-0.3, -0.25) is 14.2 Å².